The van der Waals surface area contributed by atoms with Gasteiger partial charge in [-0.3, -0.25) is 9.36 Å². The molecule has 32 heavy (non-hydrogen) atoms. The molecule has 4 rings (SSSR count). The number of likely N-dealkylation sites (tertiary alicyclic amines) is 1. The third kappa shape index (κ3) is 4.48. The molecule has 2 heterocycles. The van der Waals surface area contributed by atoms with Gasteiger partial charge in [-0.15, -0.1) is 0 Å². The fraction of sp³-hybridized carbons (Fsp3) is 0.364. The van der Waals surface area contributed by atoms with Crippen molar-refractivity contribution in [1.29, 1.82) is 0 Å². The highest BCUT2D eigenvalue weighted by atomic mass is 35.5. The molecule has 0 unspecified atom stereocenters. The Labute approximate surface area is 187 Å². The largest absolute Gasteiger partial charge is 0.468 e. The summed E-state index contributed by atoms with van der Waals surface area (Å²) in [6.45, 7) is 0.932. The number of aromatic nitrogens is 2. The van der Waals surface area contributed by atoms with Gasteiger partial charge in [-0.1, -0.05) is 11.6 Å². The number of amides is 1. The van der Waals surface area contributed by atoms with E-state index in [-0.39, 0.29) is 29.0 Å². The number of ether oxygens (including phenoxy) is 1. The summed E-state index contributed by atoms with van der Waals surface area (Å²) in [6, 6.07) is 8.98. The predicted molar refractivity (Wildman–Crippen MR) is 116 cm³/mol. The molecule has 0 radical (unpaired) electrons. The topological polar surface area (TPSA) is 73.4 Å². The smallest absolute Gasteiger partial charge is 0.416 e. The molecule has 0 bridgehead atoms. The summed E-state index contributed by atoms with van der Waals surface area (Å²) in [4.78, 5) is 19.1. The van der Waals surface area contributed by atoms with E-state index in [1.807, 2.05) is 10.6 Å². The number of carbonyl (C=O) groups excluding carboxylic acids is 1. The second kappa shape index (κ2) is 8.54. The predicted octanol–water partition coefficient (Wildman–Crippen LogP) is 4.71. The molecule has 1 aliphatic rings. The lowest BCUT2D eigenvalue weighted by molar-refractivity contribution is -0.138. The lowest BCUT2D eigenvalue weighted by Gasteiger charge is -2.34. The van der Waals surface area contributed by atoms with Gasteiger partial charge in [0, 0.05) is 23.8 Å². The first-order chi connectivity index (χ1) is 15.2. The molecule has 2 aromatic carbocycles. The molecule has 1 aromatic heterocycles. The van der Waals surface area contributed by atoms with E-state index in [4.69, 9.17) is 22.1 Å². The van der Waals surface area contributed by atoms with Gasteiger partial charge < -0.3 is 15.4 Å². The maximum atomic E-state index is 13.1. The first-order valence-corrected chi connectivity index (χ1v) is 10.5. The average Bonchev–Trinajstić information content (AvgIpc) is 3.10. The van der Waals surface area contributed by atoms with Crippen LogP contribution in [0.2, 0.25) is 5.02 Å². The highest BCUT2D eigenvalue weighted by Gasteiger charge is 2.32. The molecule has 0 spiro atoms. The number of anilines is 1. The zero-order chi connectivity index (χ0) is 23.0. The van der Waals surface area contributed by atoms with Gasteiger partial charge in [0.05, 0.1) is 36.2 Å². The maximum absolute atomic E-state index is 13.1. The Morgan fingerprint density at radius 3 is 2.78 bits per heavy atom. The van der Waals surface area contributed by atoms with Crippen LogP contribution >= 0.6 is 11.6 Å². The van der Waals surface area contributed by atoms with Crippen LogP contribution in [-0.4, -0.2) is 40.6 Å². The van der Waals surface area contributed by atoms with Crippen molar-refractivity contribution in [2.75, 3.05) is 25.9 Å². The lowest BCUT2D eigenvalue weighted by Crippen LogP contribution is -2.41. The minimum absolute atomic E-state index is 0.0481. The zero-order valence-electron chi connectivity index (χ0n) is 17.3. The summed E-state index contributed by atoms with van der Waals surface area (Å²) in [5, 5.41) is -0.0481. The SMILES string of the molecule is COc1nc2cc(N)ccc2n1[C@H]1CCCN(C(=O)Cc2cc(Cl)cc(C(F)(F)F)c2)C1. The molecule has 1 amide bonds. The number of hydrogen-bond donors (Lipinski definition) is 1. The Hall–Kier alpha value is -2.94. The van der Waals surface area contributed by atoms with Crippen LogP contribution in [0.5, 0.6) is 6.01 Å². The number of rotatable bonds is 4. The minimum Gasteiger partial charge on any atom is -0.468 e. The summed E-state index contributed by atoms with van der Waals surface area (Å²) >= 11 is 5.86. The van der Waals surface area contributed by atoms with E-state index in [0.29, 0.717) is 30.3 Å². The first kappa shape index (κ1) is 22.3. The number of piperidine rings is 1. The van der Waals surface area contributed by atoms with Crippen LogP contribution in [0.3, 0.4) is 0 Å². The van der Waals surface area contributed by atoms with Crippen molar-refractivity contribution >= 4 is 34.2 Å². The summed E-state index contributed by atoms with van der Waals surface area (Å²) in [5.74, 6) is -0.252. The molecular weight excluding hydrogens is 445 g/mol. The van der Waals surface area contributed by atoms with E-state index in [0.717, 1.165) is 30.5 Å². The number of alkyl halides is 3. The van der Waals surface area contributed by atoms with Crippen molar-refractivity contribution in [1.82, 2.24) is 14.5 Å². The highest BCUT2D eigenvalue weighted by molar-refractivity contribution is 6.30. The maximum Gasteiger partial charge on any atom is 0.416 e. The number of methoxy groups -OCH3 is 1. The summed E-state index contributed by atoms with van der Waals surface area (Å²) in [6.07, 6.45) is -3.13. The van der Waals surface area contributed by atoms with Crippen molar-refractivity contribution in [2.45, 2.75) is 31.5 Å². The molecule has 1 atom stereocenters. The van der Waals surface area contributed by atoms with E-state index in [9.17, 15) is 18.0 Å². The summed E-state index contributed by atoms with van der Waals surface area (Å²) < 4.78 is 46.7. The molecule has 0 saturated carbocycles. The third-order valence-corrected chi connectivity index (χ3v) is 5.84. The van der Waals surface area contributed by atoms with Gasteiger partial charge in [0.1, 0.15) is 0 Å². The summed E-state index contributed by atoms with van der Waals surface area (Å²) in [7, 11) is 1.53. The van der Waals surface area contributed by atoms with Crippen LogP contribution in [0.1, 0.15) is 30.0 Å². The van der Waals surface area contributed by atoms with Gasteiger partial charge in [-0.25, -0.2) is 0 Å². The summed E-state index contributed by atoms with van der Waals surface area (Å²) in [5.41, 5.74) is 7.37. The second-order valence-corrected chi connectivity index (χ2v) is 8.31. The van der Waals surface area contributed by atoms with E-state index in [1.54, 1.807) is 17.0 Å². The van der Waals surface area contributed by atoms with Gasteiger partial charge in [-0.05, 0) is 54.8 Å². The normalized spacial score (nSPS) is 17.0. The van der Waals surface area contributed by atoms with Crippen molar-refractivity contribution in [3.05, 3.63) is 52.5 Å². The minimum atomic E-state index is -4.53. The van der Waals surface area contributed by atoms with Crippen LogP contribution in [0.25, 0.3) is 11.0 Å². The molecule has 0 aliphatic carbocycles. The number of nitrogens with zero attached hydrogens (tertiary/aromatic N) is 3. The number of nitrogen functional groups attached to an aromatic ring is 1. The third-order valence-electron chi connectivity index (χ3n) is 5.62. The monoisotopic (exact) mass is 466 g/mol. The number of halogens is 4. The van der Waals surface area contributed by atoms with Gasteiger partial charge in [0.25, 0.3) is 6.01 Å². The molecule has 1 fully saturated rings. The molecule has 170 valence electrons. The number of nitrogens with two attached hydrogens (primary N) is 1. The van der Waals surface area contributed by atoms with E-state index in [1.165, 1.54) is 13.2 Å². The average molecular weight is 467 g/mol. The van der Waals surface area contributed by atoms with E-state index in [2.05, 4.69) is 4.98 Å². The fourth-order valence-corrected chi connectivity index (χ4v) is 4.44. The molecular formula is C22H22ClF3N4O2. The first-order valence-electron chi connectivity index (χ1n) is 10.1. The van der Waals surface area contributed by atoms with Crippen molar-refractivity contribution in [3.63, 3.8) is 0 Å². The molecule has 1 saturated heterocycles. The molecule has 1 aliphatic heterocycles. The van der Waals surface area contributed by atoms with E-state index >= 15 is 0 Å². The Kier molecular flexibility index (Phi) is 5.94. The van der Waals surface area contributed by atoms with Crippen LogP contribution in [0, 0.1) is 0 Å². The Bertz CT molecular complexity index is 1160. The number of benzene rings is 2. The second-order valence-electron chi connectivity index (χ2n) is 7.88. The number of carbonyl (C=O) groups is 1. The van der Waals surface area contributed by atoms with Crippen molar-refractivity contribution in [2.24, 2.45) is 0 Å². The number of fused-ring (bicyclic) bond motifs is 1. The van der Waals surface area contributed by atoms with Gasteiger partial charge in [0.15, 0.2) is 0 Å². The van der Waals surface area contributed by atoms with Crippen LogP contribution in [0.15, 0.2) is 36.4 Å². The van der Waals surface area contributed by atoms with Gasteiger partial charge in [-0.2, -0.15) is 18.2 Å². The van der Waals surface area contributed by atoms with Crippen molar-refractivity contribution in [3.8, 4) is 6.01 Å². The van der Waals surface area contributed by atoms with Gasteiger partial charge in [0.2, 0.25) is 5.91 Å². The lowest BCUT2D eigenvalue weighted by atomic mass is 10.0. The number of imidazole rings is 1. The molecule has 2 N–H and O–H groups in total. The molecule has 3 aromatic rings. The Morgan fingerprint density at radius 1 is 1.28 bits per heavy atom. The van der Waals surface area contributed by atoms with Crippen LogP contribution in [-0.2, 0) is 17.4 Å². The van der Waals surface area contributed by atoms with Gasteiger partial charge >= 0.3 is 6.18 Å². The standard InChI is InChI=1S/C22H22ClF3N4O2/c1-32-21-28-18-11-16(27)4-5-19(18)30(21)17-3-2-6-29(12-17)20(31)9-13-7-14(22(24,25)26)10-15(23)8-13/h4-5,7-8,10-11,17H,2-3,6,9,12,27H2,1H3/t17-/m0/s1. The Balaban J connectivity index is 1.56. The fourth-order valence-electron chi connectivity index (χ4n) is 4.19. The van der Waals surface area contributed by atoms with E-state index < -0.39 is 11.7 Å². The molecule has 10 heteroatoms. The number of hydrogen-bond acceptors (Lipinski definition) is 4. The zero-order valence-corrected chi connectivity index (χ0v) is 18.1. The van der Waals surface area contributed by atoms with Crippen molar-refractivity contribution < 1.29 is 22.7 Å². The van der Waals surface area contributed by atoms with Crippen LogP contribution < -0.4 is 10.5 Å². The highest BCUT2D eigenvalue weighted by Crippen LogP contribution is 2.34. The molecule has 6 nitrogen and oxygen atoms in total. The quantitative estimate of drug-likeness (QED) is 0.565. The van der Waals surface area contributed by atoms with Crippen LogP contribution in [0.4, 0.5) is 18.9 Å². The Morgan fingerprint density at radius 2 is 2.06 bits per heavy atom.